The Kier molecular flexibility index (Phi) is 13.6. The summed E-state index contributed by atoms with van der Waals surface area (Å²) >= 11 is 7.49. The molecule has 8 aromatic rings. The molecular weight excluding hydrogens is 870 g/mol. The summed E-state index contributed by atoms with van der Waals surface area (Å²) in [7, 11) is 2.46. The molecule has 11 nitrogen and oxygen atoms in total. The molecule has 0 saturated carbocycles. The minimum absolute atomic E-state index is 0.137. The van der Waals surface area contributed by atoms with Crippen LogP contribution in [0.3, 0.4) is 0 Å². The Bertz CT molecular complexity index is 3020. The van der Waals surface area contributed by atoms with Crippen LogP contribution >= 0.6 is 11.6 Å². The SMILES string of the molecule is COc1ccc(CN(Cc2ccc(OC)cc2)c2cncc(-c3cn(-c4ccc(S(=O)(=O)N(Cc5ccc(OC)cc5)Cc5ccc(OC)cc5)cc4)c4cc(C)c(C#N)cc34)c2Cl)cc1. The molecule has 0 aliphatic rings. The second-order valence-corrected chi connectivity index (χ2v) is 18.1. The Morgan fingerprint density at radius 3 is 1.52 bits per heavy atom. The first kappa shape index (κ1) is 45.3. The molecule has 0 aliphatic carbocycles. The Morgan fingerprint density at radius 2 is 1.08 bits per heavy atom. The molecule has 334 valence electrons. The third-order valence-electron chi connectivity index (χ3n) is 11.6. The molecule has 13 heteroatoms. The number of hydrogen-bond acceptors (Lipinski definition) is 9. The highest BCUT2D eigenvalue weighted by molar-refractivity contribution is 7.89. The summed E-state index contributed by atoms with van der Waals surface area (Å²) in [5, 5.41) is 11.5. The monoisotopic (exact) mass is 917 g/mol. The van der Waals surface area contributed by atoms with E-state index in [1.165, 1.54) is 4.31 Å². The van der Waals surface area contributed by atoms with Crippen molar-refractivity contribution in [3.05, 3.63) is 190 Å². The average Bonchev–Trinajstić information content (AvgIpc) is 3.71. The van der Waals surface area contributed by atoms with Gasteiger partial charge in [-0.2, -0.15) is 9.57 Å². The van der Waals surface area contributed by atoms with E-state index < -0.39 is 10.0 Å². The fraction of sp³-hybridized carbons (Fsp3) is 0.170. The molecule has 0 bridgehead atoms. The van der Waals surface area contributed by atoms with Crippen LogP contribution in [0.5, 0.6) is 23.0 Å². The van der Waals surface area contributed by atoms with Crippen molar-refractivity contribution >= 4 is 38.2 Å². The van der Waals surface area contributed by atoms with Crippen molar-refractivity contribution in [1.82, 2.24) is 13.9 Å². The van der Waals surface area contributed by atoms with Crippen LogP contribution < -0.4 is 23.8 Å². The number of halogens is 1. The Morgan fingerprint density at radius 1 is 0.621 bits per heavy atom. The number of fused-ring (bicyclic) bond motifs is 1. The van der Waals surface area contributed by atoms with Gasteiger partial charge in [0.2, 0.25) is 10.0 Å². The number of pyridine rings is 1. The molecule has 0 radical (unpaired) electrons. The lowest BCUT2D eigenvalue weighted by atomic mass is 10.0. The Labute approximate surface area is 390 Å². The van der Waals surface area contributed by atoms with E-state index in [-0.39, 0.29) is 18.0 Å². The van der Waals surface area contributed by atoms with Crippen molar-refractivity contribution < 1.29 is 27.4 Å². The van der Waals surface area contributed by atoms with Crippen LogP contribution in [0.1, 0.15) is 33.4 Å². The Hall–Kier alpha value is -7.30. The topological polar surface area (TPSA) is 119 Å². The van der Waals surface area contributed by atoms with Gasteiger partial charge in [0.25, 0.3) is 0 Å². The van der Waals surface area contributed by atoms with Gasteiger partial charge in [-0.05, 0) is 120 Å². The lowest BCUT2D eigenvalue weighted by molar-refractivity contribution is 0.397. The molecule has 0 unspecified atom stereocenters. The predicted molar refractivity (Wildman–Crippen MR) is 259 cm³/mol. The summed E-state index contributed by atoms with van der Waals surface area (Å²) < 4.78 is 54.1. The maximum atomic E-state index is 14.6. The molecule has 66 heavy (non-hydrogen) atoms. The summed E-state index contributed by atoms with van der Waals surface area (Å²) in [6.07, 6.45) is 5.48. The number of nitrogens with zero attached hydrogens (tertiary/aromatic N) is 5. The molecule has 0 N–H and O–H groups in total. The maximum Gasteiger partial charge on any atom is 0.243 e. The smallest absolute Gasteiger partial charge is 0.243 e. The lowest BCUT2D eigenvalue weighted by Gasteiger charge is -2.27. The zero-order chi connectivity index (χ0) is 46.4. The summed E-state index contributed by atoms with van der Waals surface area (Å²) in [5.74, 6) is 2.89. The number of ether oxygens (including phenoxy) is 4. The van der Waals surface area contributed by atoms with Gasteiger partial charge in [-0.15, -0.1) is 0 Å². The molecular formula is C53H48ClN5O6S. The van der Waals surface area contributed by atoms with Crippen LogP contribution in [0.2, 0.25) is 5.02 Å². The van der Waals surface area contributed by atoms with Crippen LogP contribution in [-0.4, -0.2) is 50.7 Å². The van der Waals surface area contributed by atoms with Gasteiger partial charge < -0.3 is 28.4 Å². The number of hydrogen-bond donors (Lipinski definition) is 0. The third-order valence-corrected chi connectivity index (χ3v) is 13.8. The minimum atomic E-state index is -4.01. The number of aromatic nitrogens is 2. The number of aryl methyl sites for hydroxylation is 1. The molecule has 6 aromatic carbocycles. The third kappa shape index (κ3) is 9.70. The molecule has 2 heterocycles. The number of anilines is 1. The molecule has 0 fully saturated rings. The summed E-state index contributed by atoms with van der Waals surface area (Å²) in [5.41, 5.74) is 8.72. The van der Waals surface area contributed by atoms with E-state index >= 15 is 0 Å². The van der Waals surface area contributed by atoms with E-state index in [9.17, 15) is 13.7 Å². The first-order valence-corrected chi connectivity index (χ1v) is 22.9. The second-order valence-electron chi connectivity index (χ2n) is 15.7. The maximum absolute atomic E-state index is 14.6. The van der Waals surface area contributed by atoms with Gasteiger partial charge in [0.1, 0.15) is 23.0 Å². The van der Waals surface area contributed by atoms with Crippen LogP contribution in [0, 0.1) is 18.3 Å². The van der Waals surface area contributed by atoms with E-state index in [1.807, 2.05) is 127 Å². The quantitative estimate of drug-likeness (QED) is 0.0879. The second kappa shape index (κ2) is 19.8. The number of rotatable bonds is 17. The summed E-state index contributed by atoms with van der Waals surface area (Å²) in [4.78, 5) is 7.06. The van der Waals surface area contributed by atoms with E-state index in [0.29, 0.717) is 46.4 Å². The van der Waals surface area contributed by atoms with Crippen molar-refractivity contribution in [1.29, 1.82) is 5.26 Å². The number of nitriles is 1. The average molecular weight is 919 g/mol. The predicted octanol–water partition coefficient (Wildman–Crippen LogP) is 11.2. The van der Waals surface area contributed by atoms with E-state index in [0.717, 1.165) is 61.5 Å². The van der Waals surface area contributed by atoms with Gasteiger partial charge in [0.15, 0.2) is 0 Å². The normalized spacial score (nSPS) is 11.4. The highest BCUT2D eigenvalue weighted by Crippen LogP contribution is 2.42. The number of methoxy groups -OCH3 is 4. The van der Waals surface area contributed by atoms with Crippen molar-refractivity contribution in [3.63, 3.8) is 0 Å². The van der Waals surface area contributed by atoms with Gasteiger partial charge >= 0.3 is 0 Å². The molecule has 2 aromatic heterocycles. The van der Waals surface area contributed by atoms with Crippen LogP contribution in [0.15, 0.2) is 157 Å². The summed E-state index contributed by atoms with van der Waals surface area (Å²) in [6.45, 7) is 3.21. The minimum Gasteiger partial charge on any atom is -0.497 e. The Balaban J connectivity index is 1.17. The van der Waals surface area contributed by atoms with Gasteiger partial charge in [0, 0.05) is 60.8 Å². The standard InChI is InChI=1S/C53H48ClN5O6S/c1-36-26-51-48(27-41(36)28-55)50(49-29-56-30-52(53(49)54)57(31-37-6-16-43(62-2)17-7-37)32-38-8-18-44(63-3)19-9-38)35-59(51)42-14-24-47(25-15-42)66(60,61)58(33-39-10-20-45(64-4)21-11-39)34-40-12-22-46(65-5)23-13-40/h6-27,29-30,35H,31-34H2,1-5H3. The van der Waals surface area contributed by atoms with Gasteiger partial charge in [-0.1, -0.05) is 60.1 Å². The first-order valence-electron chi connectivity index (χ1n) is 21.1. The van der Waals surface area contributed by atoms with Gasteiger partial charge in [0.05, 0.1) is 67.4 Å². The van der Waals surface area contributed by atoms with Crippen molar-refractivity contribution in [3.8, 4) is 45.9 Å². The lowest BCUT2D eigenvalue weighted by Crippen LogP contribution is -2.30. The van der Waals surface area contributed by atoms with Crippen molar-refractivity contribution in [2.24, 2.45) is 0 Å². The van der Waals surface area contributed by atoms with E-state index in [4.69, 9.17) is 35.5 Å². The van der Waals surface area contributed by atoms with E-state index in [1.54, 1.807) is 65.1 Å². The largest absolute Gasteiger partial charge is 0.497 e. The van der Waals surface area contributed by atoms with Crippen molar-refractivity contribution in [2.75, 3.05) is 33.3 Å². The molecule has 0 atom stereocenters. The van der Waals surface area contributed by atoms with Crippen LogP contribution in [0.25, 0.3) is 27.7 Å². The zero-order valence-corrected chi connectivity index (χ0v) is 38.8. The molecule has 0 spiro atoms. The van der Waals surface area contributed by atoms with Crippen LogP contribution in [0.4, 0.5) is 5.69 Å². The zero-order valence-electron chi connectivity index (χ0n) is 37.2. The highest BCUT2D eigenvalue weighted by Gasteiger charge is 2.26. The van der Waals surface area contributed by atoms with Gasteiger partial charge in [-0.3, -0.25) is 4.98 Å². The van der Waals surface area contributed by atoms with Gasteiger partial charge in [-0.25, -0.2) is 8.42 Å². The fourth-order valence-corrected chi connectivity index (χ4v) is 9.65. The number of sulfonamides is 1. The molecule has 0 saturated heterocycles. The summed E-state index contributed by atoms with van der Waals surface area (Å²) in [6, 6.07) is 43.6. The first-order chi connectivity index (χ1) is 32.0. The molecule has 0 aliphatic heterocycles. The van der Waals surface area contributed by atoms with Crippen LogP contribution in [-0.2, 0) is 36.2 Å². The van der Waals surface area contributed by atoms with Crippen molar-refractivity contribution in [2.45, 2.75) is 38.0 Å². The number of benzene rings is 6. The fourth-order valence-electron chi connectivity index (χ4n) is 7.92. The highest BCUT2D eigenvalue weighted by atomic mass is 35.5. The van der Waals surface area contributed by atoms with E-state index in [2.05, 4.69) is 11.0 Å². The molecule has 0 amide bonds. The molecule has 8 rings (SSSR count).